The van der Waals surface area contributed by atoms with Gasteiger partial charge in [0.25, 0.3) is 0 Å². The van der Waals surface area contributed by atoms with Gasteiger partial charge in [0.15, 0.2) is 0 Å². The molecule has 1 aliphatic heterocycles. The number of halogens is 1. The third-order valence-electron chi connectivity index (χ3n) is 4.89. The summed E-state index contributed by atoms with van der Waals surface area (Å²) in [7, 11) is 0. The lowest BCUT2D eigenvalue weighted by Crippen LogP contribution is -2.41. The predicted molar refractivity (Wildman–Crippen MR) is 93.8 cm³/mol. The number of benzene rings is 1. The number of likely N-dealkylation sites (tertiary alicyclic amines) is 1. The van der Waals surface area contributed by atoms with E-state index in [0.29, 0.717) is 13.0 Å². The van der Waals surface area contributed by atoms with Crippen molar-refractivity contribution in [1.29, 1.82) is 0 Å². The molecule has 2 heterocycles. The summed E-state index contributed by atoms with van der Waals surface area (Å²) in [5.41, 5.74) is 2.96. The first kappa shape index (κ1) is 17.5. The highest BCUT2D eigenvalue weighted by Crippen LogP contribution is 2.32. The summed E-state index contributed by atoms with van der Waals surface area (Å²) in [6.45, 7) is 3.37. The molecular formula is C20H23FN2O2. The molecule has 2 atom stereocenters. The van der Waals surface area contributed by atoms with Crippen LogP contribution in [0, 0.1) is 11.7 Å². The van der Waals surface area contributed by atoms with Crippen LogP contribution in [-0.2, 0) is 11.2 Å². The summed E-state index contributed by atoms with van der Waals surface area (Å²) in [5, 5.41) is 9.39. The van der Waals surface area contributed by atoms with Crippen molar-refractivity contribution in [3.05, 3.63) is 65.2 Å². The van der Waals surface area contributed by atoms with E-state index in [-0.39, 0.29) is 17.8 Å². The Morgan fingerprint density at radius 3 is 2.68 bits per heavy atom. The van der Waals surface area contributed by atoms with Crippen LogP contribution in [0.1, 0.15) is 42.6 Å². The van der Waals surface area contributed by atoms with Gasteiger partial charge in [-0.05, 0) is 55.1 Å². The molecule has 1 saturated heterocycles. The zero-order chi connectivity index (χ0) is 17.8. The minimum Gasteiger partial charge on any atom is -0.481 e. The van der Waals surface area contributed by atoms with Crippen LogP contribution in [0.15, 0.2) is 42.6 Å². The third kappa shape index (κ3) is 4.04. The molecule has 0 radical (unpaired) electrons. The number of pyridine rings is 1. The molecule has 25 heavy (non-hydrogen) atoms. The predicted octanol–water partition coefficient (Wildman–Crippen LogP) is 3.67. The first-order valence-electron chi connectivity index (χ1n) is 8.75. The van der Waals surface area contributed by atoms with Gasteiger partial charge in [-0.2, -0.15) is 0 Å². The number of carbonyl (C=O) groups is 1. The first-order valence-corrected chi connectivity index (χ1v) is 8.75. The molecule has 3 rings (SSSR count). The van der Waals surface area contributed by atoms with Crippen LogP contribution in [0.2, 0.25) is 0 Å². The van der Waals surface area contributed by atoms with Gasteiger partial charge >= 0.3 is 5.97 Å². The van der Waals surface area contributed by atoms with Crippen molar-refractivity contribution in [3.8, 4) is 0 Å². The monoisotopic (exact) mass is 342 g/mol. The Kier molecular flexibility index (Phi) is 5.43. The molecule has 1 aliphatic rings. The summed E-state index contributed by atoms with van der Waals surface area (Å²) in [6.07, 6.45) is 4.32. The molecule has 4 nitrogen and oxygen atoms in total. The third-order valence-corrected chi connectivity index (χ3v) is 4.89. The van der Waals surface area contributed by atoms with Gasteiger partial charge in [0.2, 0.25) is 0 Å². The zero-order valence-electron chi connectivity index (χ0n) is 14.4. The second-order valence-electron chi connectivity index (χ2n) is 6.57. The van der Waals surface area contributed by atoms with Crippen LogP contribution in [0.25, 0.3) is 0 Å². The molecule has 2 aromatic rings. The molecule has 0 aliphatic carbocycles. The van der Waals surface area contributed by atoms with Crippen LogP contribution in [0.5, 0.6) is 0 Å². The molecule has 132 valence electrons. The molecule has 1 fully saturated rings. The summed E-state index contributed by atoms with van der Waals surface area (Å²) in [4.78, 5) is 18.2. The topological polar surface area (TPSA) is 53.4 Å². The number of hydrogen-bond acceptors (Lipinski definition) is 3. The van der Waals surface area contributed by atoms with E-state index in [2.05, 4.69) is 22.9 Å². The molecule has 1 aromatic carbocycles. The quantitative estimate of drug-likeness (QED) is 0.901. The van der Waals surface area contributed by atoms with Crippen LogP contribution < -0.4 is 0 Å². The average Bonchev–Trinajstić information content (AvgIpc) is 2.64. The minimum absolute atomic E-state index is 0.159. The Labute approximate surface area is 147 Å². The van der Waals surface area contributed by atoms with Crippen molar-refractivity contribution in [2.45, 2.75) is 32.2 Å². The van der Waals surface area contributed by atoms with E-state index in [0.717, 1.165) is 36.2 Å². The van der Waals surface area contributed by atoms with Crippen LogP contribution in [0.3, 0.4) is 0 Å². The maximum absolute atomic E-state index is 13.4. The minimum atomic E-state index is -0.753. The van der Waals surface area contributed by atoms with Crippen LogP contribution >= 0.6 is 0 Å². The lowest BCUT2D eigenvalue weighted by Gasteiger charge is -2.37. The molecule has 0 saturated carbocycles. The van der Waals surface area contributed by atoms with Crippen molar-refractivity contribution in [2.75, 3.05) is 13.1 Å². The van der Waals surface area contributed by atoms with Crippen molar-refractivity contribution < 1.29 is 14.3 Å². The summed E-state index contributed by atoms with van der Waals surface area (Å²) < 4.78 is 13.4. The first-order chi connectivity index (χ1) is 12.1. The second kappa shape index (κ2) is 7.74. The highest BCUT2D eigenvalue weighted by Gasteiger charge is 2.31. The SMILES string of the molecule is CCc1ccc(C(c2ccc(F)cc2)N2CCCC(C(=O)O)C2)nc1. The van der Waals surface area contributed by atoms with E-state index >= 15 is 0 Å². The molecular weight excluding hydrogens is 319 g/mol. The molecule has 5 heteroatoms. The Morgan fingerprint density at radius 2 is 2.08 bits per heavy atom. The van der Waals surface area contributed by atoms with E-state index < -0.39 is 5.97 Å². The zero-order valence-corrected chi connectivity index (χ0v) is 14.4. The van der Waals surface area contributed by atoms with Gasteiger partial charge in [-0.15, -0.1) is 0 Å². The smallest absolute Gasteiger partial charge is 0.307 e. The Balaban J connectivity index is 1.95. The van der Waals surface area contributed by atoms with Gasteiger partial charge in [-0.25, -0.2) is 4.39 Å². The number of carboxylic acid groups (broad SMARTS) is 1. The number of carboxylic acids is 1. The molecule has 0 amide bonds. The number of aliphatic carboxylic acids is 1. The van der Waals surface area contributed by atoms with E-state index in [1.807, 2.05) is 12.3 Å². The Hall–Kier alpha value is -2.27. The van der Waals surface area contributed by atoms with Gasteiger partial charge in [-0.3, -0.25) is 14.7 Å². The molecule has 0 spiro atoms. The fraction of sp³-hybridized carbons (Fsp3) is 0.400. The fourth-order valence-corrected chi connectivity index (χ4v) is 3.46. The molecule has 1 N–H and O–H groups in total. The van der Waals surface area contributed by atoms with Gasteiger partial charge in [-0.1, -0.05) is 25.1 Å². The largest absolute Gasteiger partial charge is 0.481 e. The molecule has 0 bridgehead atoms. The maximum atomic E-state index is 13.4. The van der Waals surface area contributed by atoms with E-state index in [9.17, 15) is 14.3 Å². The van der Waals surface area contributed by atoms with Crippen molar-refractivity contribution in [1.82, 2.24) is 9.88 Å². The summed E-state index contributed by atoms with van der Waals surface area (Å²) in [5.74, 6) is -1.40. The van der Waals surface area contributed by atoms with Crippen LogP contribution in [0.4, 0.5) is 4.39 Å². The fourth-order valence-electron chi connectivity index (χ4n) is 3.46. The Morgan fingerprint density at radius 1 is 1.32 bits per heavy atom. The van der Waals surface area contributed by atoms with E-state index in [1.165, 1.54) is 12.1 Å². The number of aryl methyl sites for hydroxylation is 1. The number of rotatable bonds is 5. The van der Waals surface area contributed by atoms with Crippen molar-refractivity contribution in [2.24, 2.45) is 5.92 Å². The van der Waals surface area contributed by atoms with Gasteiger partial charge in [0, 0.05) is 12.7 Å². The van der Waals surface area contributed by atoms with Gasteiger partial charge in [0.05, 0.1) is 17.7 Å². The van der Waals surface area contributed by atoms with Crippen molar-refractivity contribution >= 4 is 5.97 Å². The number of piperidine rings is 1. The normalized spacial score (nSPS) is 19.5. The lowest BCUT2D eigenvalue weighted by molar-refractivity contribution is -0.143. The lowest BCUT2D eigenvalue weighted by atomic mass is 9.93. The van der Waals surface area contributed by atoms with Gasteiger partial charge < -0.3 is 5.11 Å². The summed E-state index contributed by atoms with van der Waals surface area (Å²) in [6, 6.07) is 10.3. The number of aromatic nitrogens is 1. The summed E-state index contributed by atoms with van der Waals surface area (Å²) >= 11 is 0. The standard InChI is InChI=1S/C20H23FN2O2/c1-2-14-5-10-18(22-12-14)19(15-6-8-17(21)9-7-15)23-11-3-4-16(13-23)20(24)25/h5-10,12,16,19H,2-4,11,13H2,1H3,(H,24,25). The number of hydrogen-bond donors (Lipinski definition) is 1. The van der Waals surface area contributed by atoms with E-state index in [4.69, 9.17) is 0 Å². The highest BCUT2D eigenvalue weighted by molar-refractivity contribution is 5.70. The second-order valence-corrected chi connectivity index (χ2v) is 6.57. The maximum Gasteiger partial charge on any atom is 0.307 e. The Bertz CT molecular complexity index is 715. The van der Waals surface area contributed by atoms with Crippen LogP contribution in [-0.4, -0.2) is 34.0 Å². The highest BCUT2D eigenvalue weighted by atomic mass is 19.1. The average molecular weight is 342 g/mol. The van der Waals surface area contributed by atoms with Crippen molar-refractivity contribution in [3.63, 3.8) is 0 Å². The van der Waals surface area contributed by atoms with Gasteiger partial charge in [0.1, 0.15) is 5.82 Å². The van der Waals surface area contributed by atoms with E-state index in [1.54, 1.807) is 12.1 Å². The number of nitrogens with zero attached hydrogens (tertiary/aromatic N) is 2. The molecule has 2 unspecified atom stereocenters. The molecule has 1 aromatic heterocycles.